The second-order valence-electron chi connectivity index (χ2n) is 8.47. The zero-order chi connectivity index (χ0) is 20.6. The normalized spacial score (nSPS) is 16.9. The van der Waals surface area contributed by atoms with Crippen LogP contribution in [-0.2, 0) is 20.7 Å². The lowest BCUT2D eigenvalue weighted by molar-refractivity contribution is -0.158. The number of halogens is 1. The number of hydrogen-bond acceptors (Lipinski definition) is 4. The zero-order valence-electron chi connectivity index (χ0n) is 17.0. The Kier molecular flexibility index (Phi) is 5.53. The molecule has 4 nitrogen and oxygen atoms in total. The van der Waals surface area contributed by atoms with Gasteiger partial charge in [0.2, 0.25) is 0 Å². The van der Waals surface area contributed by atoms with E-state index in [1.807, 2.05) is 30.3 Å². The van der Waals surface area contributed by atoms with Gasteiger partial charge in [0.05, 0.1) is 0 Å². The summed E-state index contributed by atoms with van der Waals surface area (Å²) in [5.41, 5.74) is 2.86. The maximum atomic E-state index is 13.0. The number of ketones is 1. The van der Waals surface area contributed by atoms with E-state index in [1.165, 1.54) is 0 Å². The van der Waals surface area contributed by atoms with Crippen LogP contribution in [0.3, 0.4) is 0 Å². The summed E-state index contributed by atoms with van der Waals surface area (Å²) in [5.74, 6) is -0.405. The Morgan fingerprint density at radius 2 is 1.89 bits per heavy atom. The van der Waals surface area contributed by atoms with Crippen LogP contribution in [0.15, 0.2) is 42.5 Å². The molecule has 1 atom stereocenters. The van der Waals surface area contributed by atoms with Crippen LogP contribution in [0.1, 0.15) is 51.7 Å². The average Bonchev–Trinajstić information content (AvgIpc) is 2.58. The molecule has 0 fully saturated rings. The molecule has 2 aromatic carbocycles. The molecule has 0 aromatic heterocycles. The van der Waals surface area contributed by atoms with E-state index in [0.717, 1.165) is 22.5 Å². The summed E-state index contributed by atoms with van der Waals surface area (Å²) in [6, 6.07) is 12.4. The van der Waals surface area contributed by atoms with Crippen molar-refractivity contribution in [2.45, 2.75) is 58.6 Å². The van der Waals surface area contributed by atoms with Crippen LogP contribution >= 0.6 is 11.6 Å². The van der Waals surface area contributed by atoms with Crippen molar-refractivity contribution in [1.82, 2.24) is 0 Å². The summed E-state index contributed by atoms with van der Waals surface area (Å²) in [4.78, 5) is 27.8. The van der Waals surface area contributed by atoms with Crippen molar-refractivity contribution in [1.29, 1.82) is 0 Å². The third-order valence-electron chi connectivity index (χ3n) is 4.67. The van der Waals surface area contributed by atoms with Gasteiger partial charge < -0.3 is 9.64 Å². The van der Waals surface area contributed by atoms with E-state index in [1.54, 1.807) is 37.8 Å². The summed E-state index contributed by atoms with van der Waals surface area (Å²) in [6.07, 6.45) is 0.153. The van der Waals surface area contributed by atoms with Crippen LogP contribution in [0, 0.1) is 0 Å². The maximum absolute atomic E-state index is 13.0. The summed E-state index contributed by atoms with van der Waals surface area (Å²) in [5, 5.41) is 0.568. The molecule has 5 heteroatoms. The number of carbonyl (C=O) groups is 2. The van der Waals surface area contributed by atoms with Crippen LogP contribution in [-0.4, -0.2) is 23.4 Å². The quantitative estimate of drug-likeness (QED) is 0.509. The van der Waals surface area contributed by atoms with Gasteiger partial charge in [0.1, 0.15) is 5.60 Å². The first-order valence-electron chi connectivity index (χ1n) is 9.50. The van der Waals surface area contributed by atoms with Crippen molar-refractivity contribution in [2.24, 2.45) is 0 Å². The van der Waals surface area contributed by atoms with Crippen molar-refractivity contribution >= 4 is 34.7 Å². The fourth-order valence-electron chi connectivity index (χ4n) is 3.41. The standard InChI is InChI=1S/C23H26ClNO3/c1-14(2)15-7-6-8-18(12-15)25-19-10-9-17(24)11-16(19)13-20(26)21(25)22(27)28-23(3,4)5/h6-12,14,21H,13H2,1-5H3. The van der Waals surface area contributed by atoms with Crippen LogP contribution in [0.4, 0.5) is 11.4 Å². The summed E-state index contributed by atoms with van der Waals surface area (Å²) in [7, 11) is 0. The van der Waals surface area contributed by atoms with Crippen LogP contribution in [0.2, 0.25) is 5.02 Å². The fourth-order valence-corrected chi connectivity index (χ4v) is 3.61. The second-order valence-corrected chi connectivity index (χ2v) is 8.91. The van der Waals surface area contributed by atoms with Gasteiger partial charge in [-0.15, -0.1) is 0 Å². The smallest absolute Gasteiger partial charge is 0.337 e. The lowest BCUT2D eigenvalue weighted by Gasteiger charge is -2.38. The number of Topliss-reactive ketones (excluding diaryl/α,β-unsaturated/α-hetero) is 1. The minimum absolute atomic E-state index is 0.153. The summed E-state index contributed by atoms with van der Waals surface area (Å²) < 4.78 is 5.59. The van der Waals surface area contributed by atoms with Crippen molar-refractivity contribution in [3.63, 3.8) is 0 Å². The molecule has 0 saturated heterocycles. The van der Waals surface area contributed by atoms with Gasteiger partial charge >= 0.3 is 5.97 Å². The summed E-state index contributed by atoms with van der Waals surface area (Å²) in [6.45, 7) is 9.63. The minimum atomic E-state index is -1.02. The molecular weight excluding hydrogens is 374 g/mol. The number of ether oxygens (including phenoxy) is 1. The number of hydrogen-bond donors (Lipinski definition) is 0. The molecule has 2 aromatic rings. The van der Waals surface area contributed by atoms with Crippen LogP contribution < -0.4 is 4.90 Å². The molecule has 3 rings (SSSR count). The predicted octanol–water partition coefficient (Wildman–Crippen LogP) is 5.44. The third kappa shape index (κ3) is 4.22. The van der Waals surface area contributed by atoms with Gasteiger partial charge in [0.15, 0.2) is 11.8 Å². The Morgan fingerprint density at radius 3 is 2.54 bits per heavy atom. The Balaban J connectivity index is 2.15. The third-order valence-corrected chi connectivity index (χ3v) is 4.91. The summed E-state index contributed by atoms with van der Waals surface area (Å²) >= 11 is 6.15. The minimum Gasteiger partial charge on any atom is -0.458 e. The largest absolute Gasteiger partial charge is 0.458 e. The number of benzene rings is 2. The van der Waals surface area contributed by atoms with E-state index in [0.29, 0.717) is 10.9 Å². The first-order valence-corrected chi connectivity index (χ1v) is 9.88. The molecule has 28 heavy (non-hydrogen) atoms. The van der Waals surface area contributed by atoms with Gasteiger partial charge in [0.25, 0.3) is 0 Å². The molecule has 1 unspecified atom stereocenters. The number of fused-ring (bicyclic) bond motifs is 1. The lowest BCUT2D eigenvalue weighted by Crippen LogP contribution is -2.50. The van der Waals surface area contributed by atoms with Gasteiger partial charge in [-0.3, -0.25) is 4.79 Å². The predicted molar refractivity (Wildman–Crippen MR) is 112 cm³/mol. The topological polar surface area (TPSA) is 46.6 Å². The molecule has 0 saturated carbocycles. The number of rotatable bonds is 3. The first kappa shape index (κ1) is 20.4. The van der Waals surface area contributed by atoms with Gasteiger partial charge in [0, 0.05) is 22.8 Å². The average molecular weight is 400 g/mol. The van der Waals surface area contributed by atoms with Gasteiger partial charge in [-0.2, -0.15) is 0 Å². The van der Waals surface area contributed by atoms with Crippen LogP contribution in [0.5, 0.6) is 0 Å². The number of esters is 1. The molecule has 0 aliphatic carbocycles. The zero-order valence-corrected chi connectivity index (χ0v) is 17.7. The molecule has 0 N–H and O–H groups in total. The number of carbonyl (C=O) groups excluding carboxylic acids is 2. The monoisotopic (exact) mass is 399 g/mol. The van der Waals surface area contributed by atoms with E-state index in [4.69, 9.17) is 16.3 Å². The van der Waals surface area contributed by atoms with E-state index < -0.39 is 17.6 Å². The molecule has 1 aliphatic heterocycles. The van der Waals surface area contributed by atoms with E-state index >= 15 is 0 Å². The molecule has 1 aliphatic rings. The van der Waals surface area contributed by atoms with Crippen molar-refractivity contribution < 1.29 is 14.3 Å². The van der Waals surface area contributed by atoms with E-state index in [9.17, 15) is 9.59 Å². The van der Waals surface area contributed by atoms with E-state index in [2.05, 4.69) is 13.8 Å². The van der Waals surface area contributed by atoms with Crippen molar-refractivity contribution in [2.75, 3.05) is 4.90 Å². The number of anilines is 2. The van der Waals surface area contributed by atoms with Gasteiger partial charge in [-0.1, -0.05) is 37.6 Å². The molecule has 0 radical (unpaired) electrons. The lowest BCUT2D eigenvalue weighted by atomic mass is 9.92. The molecular formula is C23H26ClNO3. The molecule has 0 amide bonds. The highest BCUT2D eigenvalue weighted by atomic mass is 35.5. The number of nitrogens with zero attached hydrogens (tertiary/aromatic N) is 1. The van der Waals surface area contributed by atoms with E-state index in [-0.39, 0.29) is 12.2 Å². The van der Waals surface area contributed by atoms with Crippen LogP contribution in [0.25, 0.3) is 0 Å². The molecule has 148 valence electrons. The Hall–Kier alpha value is -2.33. The Labute approximate surface area is 171 Å². The first-order chi connectivity index (χ1) is 13.1. The van der Waals surface area contributed by atoms with Gasteiger partial charge in [-0.05, 0) is 68.1 Å². The fraction of sp³-hybridized carbons (Fsp3) is 0.391. The van der Waals surface area contributed by atoms with Crippen molar-refractivity contribution in [3.8, 4) is 0 Å². The molecule has 0 bridgehead atoms. The highest BCUT2D eigenvalue weighted by Gasteiger charge is 2.41. The Bertz CT molecular complexity index is 914. The van der Waals surface area contributed by atoms with Crippen molar-refractivity contribution in [3.05, 3.63) is 58.6 Å². The molecule has 1 heterocycles. The maximum Gasteiger partial charge on any atom is 0.337 e. The second kappa shape index (κ2) is 7.59. The Morgan fingerprint density at radius 1 is 1.18 bits per heavy atom. The van der Waals surface area contributed by atoms with Gasteiger partial charge in [-0.25, -0.2) is 4.79 Å². The highest BCUT2D eigenvalue weighted by molar-refractivity contribution is 6.30. The SMILES string of the molecule is CC(C)c1cccc(N2c3ccc(Cl)cc3CC(=O)C2C(=O)OC(C)(C)C)c1. The highest BCUT2D eigenvalue weighted by Crippen LogP contribution is 2.38. The molecule has 0 spiro atoms.